The van der Waals surface area contributed by atoms with Gasteiger partial charge in [0, 0.05) is 6.42 Å². The summed E-state index contributed by atoms with van der Waals surface area (Å²) in [6.45, 7) is 25.5. The van der Waals surface area contributed by atoms with Gasteiger partial charge in [-0.15, -0.1) is 0 Å². The monoisotopic (exact) mass is 558 g/mol. The number of esters is 1. The van der Waals surface area contributed by atoms with Crippen LogP contribution in [0, 0.1) is 11.8 Å². The van der Waals surface area contributed by atoms with Crippen molar-refractivity contribution in [3.8, 4) is 0 Å². The van der Waals surface area contributed by atoms with Crippen LogP contribution in [0.25, 0.3) is 0 Å². The van der Waals surface area contributed by atoms with Crippen molar-refractivity contribution in [1.82, 2.24) is 0 Å². The SMILES string of the molecule is CCC(O)CC[C@H]1C(O[Si](C)(C)C(C)(C)C)CC(O[Si](C)(C)C(C)(C)C)[C@@H]1CCCCCCC(=O)OC. The molecule has 7 heteroatoms. The van der Waals surface area contributed by atoms with Crippen molar-refractivity contribution in [3.63, 3.8) is 0 Å². The molecule has 0 heterocycles. The predicted molar refractivity (Wildman–Crippen MR) is 161 cm³/mol. The molecule has 1 aliphatic carbocycles. The molecule has 0 amide bonds. The third-order valence-corrected chi connectivity index (χ3v) is 18.7. The molecule has 5 atom stereocenters. The molecule has 0 aromatic heterocycles. The Morgan fingerprint density at radius 3 is 1.73 bits per heavy atom. The van der Waals surface area contributed by atoms with Crippen LogP contribution in [0.4, 0.5) is 0 Å². The van der Waals surface area contributed by atoms with E-state index in [1.165, 1.54) is 7.11 Å². The summed E-state index contributed by atoms with van der Waals surface area (Å²) >= 11 is 0. The number of unbranched alkanes of at least 4 members (excludes halogenated alkanes) is 3. The van der Waals surface area contributed by atoms with Gasteiger partial charge < -0.3 is 18.7 Å². The normalized spacial score (nSPS) is 24.4. The predicted octanol–water partition coefficient (Wildman–Crippen LogP) is 8.47. The summed E-state index contributed by atoms with van der Waals surface area (Å²) in [5.41, 5.74) is 0. The Labute approximate surface area is 232 Å². The van der Waals surface area contributed by atoms with Crippen LogP contribution in [-0.4, -0.2) is 53.1 Å². The van der Waals surface area contributed by atoms with Gasteiger partial charge in [-0.3, -0.25) is 4.79 Å². The Bertz CT molecular complexity index is 680. The van der Waals surface area contributed by atoms with Gasteiger partial charge in [0.1, 0.15) is 0 Å². The Kier molecular flexibility index (Phi) is 13.6. The van der Waals surface area contributed by atoms with Gasteiger partial charge in [0.15, 0.2) is 16.6 Å². The van der Waals surface area contributed by atoms with Gasteiger partial charge in [-0.2, -0.15) is 0 Å². The van der Waals surface area contributed by atoms with Crippen molar-refractivity contribution in [2.24, 2.45) is 11.8 Å². The van der Waals surface area contributed by atoms with Crippen LogP contribution in [0.5, 0.6) is 0 Å². The molecule has 3 unspecified atom stereocenters. The number of carbonyl (C=O) groups is 1. The highest BCUT2D eigenvalue weighted by Gasteiger charge is 2.50. The number of rotatable bonds is 15. The minimum atomic E-state index is -1.94. The van der Waals surface area contributed by atoms with E-state index in [1.54, 1.807) is 0 Å². The number of carbonyl (C=O) groups excluding carboxylic acids is 1. The molecule has 1 saturated carbocycles. The fraction of sp³-hybridized carbons (Fsp3) is 0.967. The maximum atomic E-state index is 11.5. The van der Waals surface area contributed by atoms with Crippen molar-refractivity contribution in [2.75, 3.05) is 7.11 Å². The van der Waals surface area contributed by atoms with Crippen molar-refractivity contribution >= 4 is 22.6 Å². The van der Waals surface area contributed by atoms with Crippen LogP contribution in [-0.2, 0) is 18.4 Å². The second-order valence-corrected chi connectivity index (χ2v) is 24.1. The number of aliphatic hydroxyl groups excluding tert-OH is 1. The van der Waals surface area contributed by atoms with E-state index in [4.69, 9.17) is 13.6 Å². The number of hydrogen-bond acceptors (Lipinski definition) is 5. The van der Waals surface area contributed by atoms with Crippen LogP contribution >= 0.6 is 0 Å². The standard InChI is InChI=1S/C30H62O5Si2/c1-13-23(31)20-21-25-24(18-16-14-15-17-19-28(32)33-8)26(34-36(9,10)29(2,3)4)22-27(25)35-37(11,12)30(5,6)7/h23-27,31H,13-22H2,1-12H3/t23?,24-,25-,26?,27?/m1/s1. The van der Waals surface area contributed by atoms with Gasteiger partial charge in [-0.25, -0.2) is 0 Å². The first-order valence-electron chi connectivity index (χ1n) is 15.0. The minimum Gasteiger partial charge on any atom is -0.469 e. The molecule has 0 saturated heterocycles. The van der Waals surface area contributed by atoms with Crippen LogP contribution in [0.3, 0.4) is 0 Å². The van der Waals surface area contributed by atoms with Crippen LogP contribution in [0.15, 0.2) is 0 Å². The topological polar surface area (TPSA) is 65.0 Å². The van der Waals surface area contributed by atoms with Gasteiger partial charge in [0.05, 0.1) is 25.4 Å². The van der Waals surface area contributed by atoms with E-state index >= 15 is 0 Å². The van der Waals surface area contributed by atoms with Gasteiger partial charge in [-0.05, 0) is 86.6 Å². The Morgan fingerprint density at radius 2 is 1.30 bits per heavy atom. The first-order valence-corrected chi connectivity index (χ1v) is 20.8. The van der Waals surface area contributed by atoms with E-state index in [1.807, 2.05) is 0 Å². The van der Waals surface area contributed by atoms with Crippen LogP contribution < -0.4 is 0 Å². The third-order valence-electron chi connectivity index (χ3n) is 9.67. The molecule has 0 aromatic carbocycles. The number of methoxy groups -OCH3 is 1. The molecular formula is C30H62O5Si2. The number of ether oxygens (including phenoxy) is 1. The molecule has 0 aliphatic heterocycles. The summed E-state index contributed by atoms with van der Waals surface area (Å²) in [6.07, 6.45) is 9.63. The molecule has 1 rings (SSSR count). The maximum Gasteiger partial charge on any atom is 0.305 e. The van der Waals surface area contributed by atoms with Crippen molar-refractivity contribution in [2.45, 2.75) is 167 Å². The lowest BCUT2D eigenvalue weighted by Gasteiger charge is -2.40. The van der Waals surface area contributed by atoms with Crippen LogP contribution in [0.1, 0.15) is 113 Å². The smallest absolute Gasteiger partial charge is 0.305 e. The van der Waals surface area contributed by atoms with Crippen LogP contribution in [0.2, 0.25) is 36.3 Å². The zero-order valence-electron chi connectivity index (χ0n) is 26.5. The van der Waals surface area contributed by atoms with Gasteiger partial charge in [0.2, 0.25) is 0 Å². The first-order chi connectivity index (χ1) is 16.9. The van der Waals surface area contributed by atoms with Crippen molar-refractivity contribution in [3.05, 3.63) is 0 Å². The van der Waals surface area contributed by atoms with E-state index in [9.17, 15) is 9.90 Å². The largest absolute Gasteiger partial charge is 0.469 e. The van der Waals surface area contributed by atoms with Crippen molar-refractivity contribution in [1.29, 1.82) is 0 Å². The third kappa shape index (κ3) is 10.7. The maximum absolute atomic E-state index is 11.5. The second-order valence-electron chi connectivity index (χ2n) is 14.6. The fourth-order valence-electron chi connectivity index (χ4n) is 5.01. The molecule has 1 fully saturated rings. The Hall–Kier alpha value is -0.216. The Balaban J connectivity index is 3.14. The summed E-state index contributed by atoms with van der Waals surface area (Å²) in [5.74, 6) is 0.757. The molecule has 37 heavy (non-hydrogen) atoms. The highest BCUT2D eigenvalue weighted by molar-refractivity contribution is 6.74. The zero-order chi connectivity index (χ0) is 28.7. The Morgan fingerprint density at radius 1 is 0.838 bits per heavy atom. The highest BCUT2D eigenvalue weighted by atomic mass is 28.4. The van der Waals surface area contributed by atoms with E-state index in [-0.39, 0.29) is 34.4 Å². The van der Waals surface area contributed by atoms with Gasteiger partial charge in [0.25, 0.3) is 0 Å². The van der Waals surface area contributed by atoms with Gasteiger partial charge in [-0.1, -0.05) is 67.7 Å². The average molecular weight is 559 g/mol. The number of hydrogen-bond donors (Lipinski definition) is 1. The molecule has 5 nitrogen and oxygen atoms in total. The molecule has 0 bridgehead atoms. The molecule has 220 valence electrons. The number of aliphatic hydroxyl groups is 1. The zero-order valence-corrected chi connectivity index (χ0v) is 28.5. The first kappa shape index (κ1) is 34.8. The second kappa shape index (κ2) is 14.4. The summed E-state index contributed by atoms with van der Waals surface area (Å²) in [4.78, 5) is 11.5. The molecule has 0 spiro atoms. The van der Waals surface area contributed by atoms with Crippen molar-refractivity contribution < 1.29 is 23.5 Å². The quantitative estimate of drug-likeness (QED) is 0.124. The highest BCUT2D eigenvalue weighted by Crippen LogP contribution is 2.49. The van der Waals surface area contributed by atoms with E-state index in [2.05, 4.69) is 74.7 Å². The summed E-state index contributed by atoms with van der Waals surface area (Å²) < 4.78 is 19.1. The lowest BCUT2D eigenvalue weighted by Crippen LogP contribution is -2.45. The molecular weight excluding hydrogens is 496 g/mol. The summed E-state index contributed by atoms with van der Waals surface area (Å²) in [5, 5.41) is 10.8. The molecule has 1 N–H and O–H groups in total. The molecule has 0 radical (unpaired) electrons. The van der Waals surface area contributed by atoms with E-state index in [0.29, 0.717) is 18.3 Å². The summed E-state index contributed by atoms with van der Waals surface area (Å²) in [7, 11) is -2.42. The van der Waals surface area contributed by atoms with E-state index < -0.39 is 16.6 Å². The fourth-order valence-corrected chi connectivity index (χ4v) is 7.77. The summed E-state index contributed by atoms with van der Waals surface area (Å²) in [6, 6.07) is 0. The average Bonchev–Trinajstić information content (AvgIpc) is 3.06. The molecule has 0 aromatic rings. The minimum absolute atomic E-state index is 0.112. The molecule has 1 aliphatic rings. The lowest BCUT2D eigenvalue weighted by atomic mass is 9.84. The lowest BCUT2D eigenvalue weighted by molar-refractivity contribution is -0.140. The van der Waals surface area contributed by atoms with Gasteiger partial charge >= 0.3 is 5.97 Å². The van der Waals surface area contributed by atoms with E-state index in [0.717, 1.165) is 57.8 Å².